The molecule has 0 radical (unpaired) electrons. The maximum absolute atomic E-state index is 6.09. The van der Waals surface area contributed by atoms with E-state index in [1.165, 1.54) is 32.1 Å². The third kappa shape index (κ3) is 2.50. The van der Waals surface area contributed by atoms with Gasteiger partial charge in [-0.1, -0.05) is 40.5 Å². The summed E-state index contributed by atoms with van der Waals surface area (Å²) in [6.45, 7) is 9.48. The predicted octanol–water partition coefficient (Wildman–Crippen LogP) is 3.58. The molecule has 84 valence electrons. The van der Waals surface area contributed by atoms with Crippen molar-refractivity contribution in [2.75, 3.05) is 0 Å². The van der Waals surface area contributed by atoms with Crippen LogP contribution in [0.1, 0.15) is 59.8 Å². The van der Waals surface area contributed by atoms with Gasteiger partial charge in [0.05, 0.1) is 0 Å². The lowest BCUT2D eigenvalue weighted by atomic mass is 9.63. The van der Waals surface area contributed by atoms with Crippen LogP contribution in [0.2, 0.25) is 0 Å². The molecule has 1 fully saturated rings. The first kappa shape index (κ1) is 12.0. The molecule has 3 unspecified atom stereocenters. The lowest BCUT2D eigenvalue weighted by Crippen LogP contribution is -2.40. The van der Waals surface area contributed by atoms with Crippen LogP contribution in [0.25, 0.3) is 0 Å². The minimum absolute atomic E-state index is 0.466. The summed E-state index contributed by atoms with van der Waals surface area (Å²) in [5.41, 5.74) is 6.58. The van der Waals surface area contributed by atoms with Crippen molar-refractivity contribution >= 4 is 0 Å². The van der Waals surface area contributed by atoms with Crippen LogP contribution in [0, 0.1) is 17.3 Å². The summed E-state index contributed by atoms with van der Waals surface area (Å²) >= 11 is 0. The molecule has 0 spiro atoms. The van der Waals surface area contributed by atoms with Gasteiger partial charge in [0.25, 0.3) is 0 Å². The zero-order valence-electron chi connectivity index (χ0n) is 10.3. The largest absolute Gasteiger partial charge is 0.328 e. The lowest BCUT2D eigenvalue weighted by Gasteiger charge is -2.44. The Balaban J connectivity index is 2.70. The fraction of sp³-hybridized carbons (Fsp3) is 1.00. The van der Waals surface area contributed by atoms with Crippen molar-refractivity contribution < 1.29 is 0 Å². The fourth-order valence-corrected chi connectivity index (χ4v) is 2.97. The molecule has 0 bridgehead atoms. The van der Waals surface area contributed by atoms with E-state index in [0.29, 0.717) is 11.5 Å². The molecule has 0 amide bonds. The molecule has 3 atom stereocenters. The lowest BCUT2D eigenvalue weighted by molar-refractivity contribution is 0.0766. The van der Waals surface area contributed by atoms with Crippen LogP contribution < -0.4 is 5.73 Å². The van der Waals surface area contributed by atoms with Gasteiger partial charge in [0.15, 0.2) is 0 Å². The van der Waals surface area contributed by atoms with Crippen LogP contribution in [0.3, 0.4) is 0 Å². The van der Waals surface area contributed by atoms with Gasteiger partial charge < -0.3 is 5.73 Å². The number of rotatable bonds is 3. The molecule has 1 rings (SSSR count). The van der Waals surface area contributed by atoms with Crippen LogP contribution in [0.4, 0.5) is 0 Å². The first-order chi connectivity index (χ1) is 6.51. The molecule has 1 heteroatoms. The van der Waals surface area contributed by atoms with Crippen molar-refractivity contribution in [1.29, 1.82) is 0 Å². The molecular formula is C13H27N. The van der Waals surface area contributed by atoms with E-state index in [4.69, 9.17) is 5.73 Å². The average Bonchev–Trinajstić information content (AvgIpc) is 2.18. The number of nitrogens with two attached hydrogens (primary N) is 1. The first-order valence-electron chi connectivity index (χ1n) is 6.26. The van der Waals surface area contributed by atoms with Gasteiger partial charge in [-0.25, -0.2) is 0 Å². The van der Waals surface area contributed by atoms with E-state index in [1.54, 1.807) is 0 Å². The third-order valence-electron chi connectivity index (χ3n) is 4.47. The molecule has 1 nitrogen and oxygen atoms in total. The highest BCUT2D eigenvalue weighted by atomic mass is 14.7. The van der Waals surface area contributed by atoms with E-state index < -0.39 is 0 Å². The Bertz CT molecular complexity index is 174. The van der Waals surface area contributed by atoms with Gasteiger partial charge in [0.2, 0.25) is 0 Å². The van der Waals surface area contributed by atoms with Gasteiger partial charge in [0.1, 0.15) is 0 Å². The van der Waals surface area contributed by atoms with E-state index in [9.17, 15) is 0 Å². The van der Waals surface area contributed by atoms with Gasteiger partial charge in [0, 0.05) is 6.04 Å². The number of hydrogen-bond acceptors (Lipinski definition) is 1. The molecule has 0 aromatic carbocycles. The Morgan fingerprint density at radius 2 is 1.86 bits per heavy atom. The molecule has 2 N–H and O–H groups in total. The molecule has 1 aliphatic rings. The molecule has 1 saturated carbocycles. The summed E-state index contributed by atoms with van der Waals surface area (Å²) in [5.74, 6) is 1.77. The third-order valence-corrected chi connectivity index (χ3v) is 4.47. The molecule has 0 saturated heterocycles. The Hall–Kier alpha value is -0.0400. The van der Waals surface area contributed by atoms with Crippen molar-refractivity contribution in [3.05, 3.63) is 0 Å². The van der Waals surface area contributed by atoms with E-state index >= 15 is 0 Å². The second kappa shape index (κ2) is 4.65. The average molecular weight is 197 g/mol. The zero-order chi connectivity index (χ0) is 10.8. The van der Waals surface area contributed by atoms with Crippen LogP contribution in [-0.4, -0.2) is 6.04 Å². The minimum Gasteiger partial charge on any atom is -0.328 e. The van der Waals surface area contributed by atoms with Crippen LogP contribution in [0.5, 0.6) is 0 Å². The molecule has 0 aliphatic heterocycles. The van der Waals surface area contributed by atoms with Crippen molar-refractivity contribution in [3.8, 4) is 0 Å². The highest BCUT2D eigenvalue weighted by Gasteiger charge is 2.37. The van der Waals surface area contributed by atoms with Gasteiger partial charge in [-0.15, -0.1) is 0 Å². The van der Waals surface area contributed by atoms with Gasteiger partial charge in [-0.2, -0.15) is 0 Å². The Morgan fingerprint density at radius 3 is 2.36 bits per heavy atom. The molecule has 0 aromatic heterocycles. The Labute approximate surface area is 89.5 Å². The highest BCUT2D eigenvalue weighted by molar-refractivity contribution is 4.89. The quantitative estimate of drug-likeness (QED) is 0.735. The van der Waals surface area contributed by atoms with Crippen LogP contribution in [-0.2, 0) is 0 Å². The standard InChI is InChI=1S/C13H27N/c1-5-10-7-8-11(14)9-12(10)13(3,4)6-2/h10-12H,5-9,14H2,1-4H3. The summed E-state index contributed by atoms with van der Waals surface area (Å²) < 4.78 is 0. The van der Waals surface area contributed by atoms with Crippen molar-refractivity contribution in [1.82, 2.24) is 0 Å². The van der Waals surface area contributed by atoms with Crippen molar-refractivity contribution in [3.63, 3.8) is 0 Å². The molecule has 0 aromatic rings. The molecule has 0 heterocycles. The van der Waals surface area contributed by atoms with Crippen LogP contribution in [0.15, 0.2) is 0 Å². The van der Waals surface area contributed by atoms with E-state index in [0.717, 1.165) is 11.8 Å². The summed E-state index contributed by atoms with van der Waals surface area (Å²) in [4.78, 5) is 0. The maximum Gasteiger partial charge on any atom is 0.00418 e. The highest BCUT2D eigenvalue weighted by Crippen LogP contribution is 2.44. The summed E-state index contributed by atoms with van der Waals surface area (Å²) in [6.07, 6.45) is 6.46. The van der Waals surface area contributed by atoms with Gasteiger partial charge in [-0.05, 0) is 36.5 Å². The smallest absolute Gasteiger partial charge is 0.00418 e. The molecule has 1 aliphatic carbocycles. The summed E-state index contributed by atoms with van der Waals surface area (Å²) in [5, 5.41) is 0. The maximum atomic E-state index is 6.09. The molecular weight excluding hydrogens is 170 g/mol. The van der Waals surface area contributed by atoms with E-state index in [-0.39, 0.29) is 0 Å². The SMILES string of the molecule is CCC1CCC(N)CC1C(C)(C)CC. The normalized spacial score (nSPS) is 34.5. The predicted molar refractivity (Wildman–Crippen MR) is 63.2 cm³/mol. The Morgan fingerprint density at radius 1 is 1.21 bits per heavy atom. The van der Waals surface area contributed by atoms with E-state index in [2.05, 4.69) is 27.7 Å². The van der Waals surface area contributed by atoms with E-state index in [1.807, 2.05) is 0 Å². The summed E-state index contributed by atoms with van der Waals surface area (Å²) in [6, 6.07) is 0.466. The van der Waals surface area contributed by atoms with Crippen molar-refractivity contribution in [2.24, 2.45) is 23.0 Å². The van der Waals surface area contributed by atoms with Gasteiger partial charge >= 0.3 is 0 Å². The zero-order valence-corrected chi connectivity index (χ0v) is 10.3. The van der Waals surface area contributed by atoms with Crippen molar-refractivity contribution in [2.45, 2.75) is 65.8 Å². The van der Waals surface area contributed by atoms with Gasteiger partial charge in [-0.3, -0.25) is 0 Å². The molecule has 14 heavy (non-hydrogen) atoms. The number of hydrogen-bond donors (Lipinski definition) is 1. The summed E-state index contributed by atoms with van der Waals surface area (Å²) in [7, 11) is 0. The Kier molecular flexibility index (Phi) is 4.00. The van der Waals surface area contributed by atoms with Crippen LogP contribution >= 0.6 is 0 Å². The fourth-order valence-electron chi connectivity index (χ4n) is 2.97. The minimum atomic E-state index is 0.466. The monoisotopic (exact) mass is 197 g/mol. The second-order valence-corrected chi connectivity index (χ2v) is 5.69. The topological polar surface area (TPSA) is 26.0 Å². The first-order valence-corrected chi connectivity index (χ1v) is 6.26. The second-order valence-electron chi connectivity index (χ2n) is 5.69.